The number of piperazine rings is 1. The zero-order valence-electron chi connectivity index (χ0n) is 16.5. The van der Waals surface area contributed by atoms with E-state index in [1.807, 2.05) is 42.2 Å². The second-order valence-corrected chi connectivity index (χ2v) is 7.14. The summed E-state index contributed by atoms with van der Waals surface area (Å²) in [5, 5.41) is 3.05. The van der Waals surface area contributed by atoms with Gasteiger partial charge in [-0.05, 0) is 43.5 Å². The van der Waals surface area contributed by atoms with E-state index in [0.717, 1.165) is 56.1 Å². The Hall–Kier alpha value is -2.53. The van der Waals surface area contributed by atoms with E-state index in [9.17, 15) is 4.79 Å². The van der Waals surface area contributed by atoms with Crippen LogP contribution < -0.4 is 10.1 Å². The molecule has 1 fully saturated rings. The molecule has 0 saturated carbocycles. The Morgan fingerprint density at radius 1 is 1.07 bits per heavy atom. The first-order chi connectivity index (χ1) is 13.1. The Bertz CT molecular complexity index is 783. The highest BCUT2D eigenvalue weighted by Gasteiger charge is 2.21. The summed E-state index contributed by atoms with van der Waals surface area (Å²) < 4.78 is 5.43. The highest BCUT2D eigenvalue weighted by Crippen LogP contribution is 2.19. The van der Waals surface area contributed by atoms with E-state index >= 15 is 0 Å². The molecule has 1 aliphatic rings. The van der Waals surface area contributed by atoms with E-state index in [0.29, 0.717) is 0 Å². The van der Waals surface area contributed by atoms with Crippen molar-refractivity contribution in [2.24, 2.45) is 0 Å². The lowest BCUT2D eigenvalue weighted by Crippen LogP contribution is -2.50. The third-order valence-electron chi connectivity index (χ3n) is 5.17. The van der Waals surface area contributed by atoms with E-state index < -0.39 is 0 Å². The predicted molar refractivity (Wildman–Crippen MR) is 110 cm³/mol. The summed E-state index contributed by atoms with van der Waals surface area (Å²) >= 11 is 0. The third-order valence-corrected chi connectivity index (χ3v) is 5.17. The maximum absolute atomic E-state index is 12.6. The Morgan fingerprint density at radius 2 is 1.81 bits per heavy atom. The maximum atomic E-state index is 12.6. The van der Waals surface area contributed by atoms with Crippen molar-refractivity contribution in [2.45, 2.75) is 20.3 Å². The number of urea groups is 1. The van der Waals surface area contributed by atoms with Crippen LogP contribution in [0.1, 0.15) is 16.7 Å². The van der Waals surface area contributed by atoms with Crippen molar-refractivity contribution >= 4 is 11.7 Å². The minimum atomic E-state index is -0.00803. The van der Waals surface area contributed by atoms with Crippen LogP contribution in [0.2, 0.25) is 0 Å². The molecule has 0 atom stereocenters. The summed E-state index contributed by atoms with van der Waals surface area (Å²) in [5.74, 6) is 0.948. The van der Waals surface area contributed by atoms with Gasteiger partial charge in [-0.2, -0.15) is 0 Å². The Labute approximate surface area is 161 Å². The lowest BCUT2D eigenvalue weighted by Gasteiger charge is -2.34. The zero-order valence-corrected chi connectivity index (χ0v) is 16.5. The van der Waals surface area contributed by atoms with Crippen LogP contribution in [0.4, 0.5) is 10.5 Å². The second-order valence-electron chi connectivity index (χ2n) is 7.14. The fraction of sp³-hybridized carbons (Fsp3) is 0.409. The number of aryl methyl sites for hydroxylation is 2. The molecule has 27 heavy (non-hydrogen) atoms. The number of rotatable bonds is 5. The van der Waals surface area contributed by atoms with Crippen LogP contribution in [0.15, 0.2) is 42.5 Å². The van der Waals surface area contributed by atoms with E-state index in [1.54, 1.807) is 7.11 Å². The highest BCUT2D eigenvalue weighted by atomic mass is 16.5. The standard InChI is InChI=1S/C22H29N3O2/c1-17-8-9-20(18(2)16-17)23-22(26)25-14-12-24(13-15-25)11-10-19-6-4-5-7-21(19)27-3/h4-9,16H,10-15H2,1-3H3,(H,23,26). The van der Waals surface area contributed by atoms with E-state index in [-0.39, 0.29) is 6.03 Å². The number of nitrogens with zero attached hydrogens (tertiary/aromatic N) is 2. The molecule has 5 heteroatoms. The number of hydrogen-bond donors (Lipinski definition) is 1. The Morgan fingerprint density at radius 3 is 2.52 bits per heavy atom. The van der Waals surface area contributed by atoms with Gasteiger partial charge in [0.1, 0.15) is 5.75 Å². The largest absolute Gasteiger partial charge is 0.496 e. The number of carbonyl (C=O) groups is 1. The van der Waals surface area contributed by atoms with Crippen molar-refractivity contribution in [2.75, 3.05) is 45.2 Å². The molecule has 144 valence electrons. The number of anilines is 1. The fourth-order valence-electron chi connectivity index (χ4n) is 3.51. The summed E-state index contributed by atoms with van der Waals surface area (Å²) in [6.07, 6.45) is 0.957. The van der Waals surface area contributed by atoms with Crippen LogP contribution in [0.3, 0.4) is 0 Å². The number of hydrogen-bond acceptors (Lipinski definition) is 3. The number of nitrogens with one attached hydrogen (secondary N) is 1. The second kappa shape index (κ2) is 8.91. The van der Waals surface area contributed by atoms with Gasteiger partial charge in [-0.1, -0.05) is 35.9 Å². The van der Waals surface area contributed by atoms with Crippen LogP contribution in [-0.2, 0) is 6.42 Å². The summed E-state index contributed by atoms with van der Waals surface area (Å²) in [4.78, 5) is 16.9. The van der Waals surface area contributed by atoms with Crippen LogP contribution >= 0.6 is 0 Å². The monoisotopic (exact) mass is 367 g/mol. The van der Waals surface area contributed by atoms with Gasteiger partial charge in [-0.15, -0.1) is 0 Å². The molecule has 5 nitrogen and oxygen atoms in total. The van der Waals surface area contributed by atoms with Crippen LogP contribution in [0.5, 0.6) is 5.75 Å². The van der Waals surface area contributed by atoms with E-state index in [2.05, 4.69) is 29.3 Å². The van der Waals surface area contributed by atoms with Crippen molar-refractivity contribution in [1.29, 1.82) is 0 Å². The van der Waals surface area contributed by atoms with Crippen molar-refractivity contribution in [3.63, 3.8) is 0 Å². The minimum absolute atomic E-state index is 0.00803. The van der Waals surface area contributed by atoms with Gasteiger partial charge in [0.15, 0.2) is 0 Å². The van der Waals surface area contributed by atoms with Gasteiger partial charge in [0.05, 0.1) is 7.11 Å². The van der Waals surface area contributed by atoms with Crippen molar-refractivity contribution in [3.05, 3.63) is 59.2 Å². The number of methoxy groups -OCH3 is 1. The Balaban J connectivity index is 1.47. The summed E-state index contributed by atoms with van der Waals surface area (Å²) in [6, 6.07) is 14.3. The average Bonchev–Trinajstić information content (AvgIpc) is 2.69. The molecule has 2 aromatic rings. The summed E-state index contributed by atoms with van der Waals surface area (Å²) in [7, 11) is 1.71. The SMILES string of the molecule is COc1ccccc1CCN1CCN(C(=O)Nc2ccc(C)cc2C)CC1. The smallest absolute Gasteiger partial charge is 0.321 e. The number of ether oxygens (including phenoxy) is 1. The average molecular weight is 367 g/mol. The van der Waals surface area contributed by atoms with Gasteiger partial charge in [0.2, 0.25) is 0 Å². The molecule has 0 bridgehead atoms. The number of para-hydroxylation sites is 1. The van der Waals surface area contributed by atoms with Crippen molar-refractivity contribution in [1.82, 2.24) is 9.80 Å². The number of amides is 2. The molecule has 0 aliphatic carbocycles. The molecule has 3 rings (SSSR count). The summed E-state index contributed by atoms with van der Waals surface area (Å²) in [5.41, 5.74) is 4.42. The molecule has 1 heterocycles. The van der Waals surface area contributed by atoms with Gasteiger partial charge in [-0.25, -0.2) is 4.79 Å². The molecule has 0 unspecified atom stereocenters. The Kier molecular flexibility index (Phi) is 6.35. The molecule has 0 spiro atoms. The lowest BCUT2D eigenvalue weighted by molar-refractivity contribution is 0.148. The van der Waals surface area contributed by atoms with Gasteiger partial charge >= 0.3 is 6.03 Å². The zero-order chi connectivity index (χ0) is 19.2. The molecule has 0 radical (unpaired) electrons. The molecule has 2 aromatic carbocycles. The quantitative estimate of drug-likeness (QED) is 0.876. The first-order valence-electron chi connectivity index (χ1n) is 9.54. The first-order valence-corrected chi connectivity index (χ1v) is 9.54. The molecule has 1 saturated heterocycles. The van der Waals surface area contributed by atoms with Gasteiger partial charge in [0, 0.05) is 38.4 Å². The number of benzene rings is 2. The summed E-state index contributed by atoms with van der Waals surface area (Å²) in [6.45, 7) is 8.37. The fourth-order valence-corrected chi connectivity index (χ4v) is 3.51. The van der Waals surface area contributed by atoms with Crippen molar-refractivity contribution < 1.29 is 9.53 Å². The van der Waals surface area contributed by atoms with Gasteiger partial charge in [-0.3, -0.25) is 4.90 Å². The van der Waals surface area contributed by atoms with Crippen LogP contribution in [0.25, 0.3) is 0 Å². The predicted octanol–water partition coefficient (Wildman–Crippen LogP) is 3.70. The van der Waals surface area contributed by atoms with E-state index in [1.165, 1.54) is 11.1 Å². The normalized spacial score (nSPS) is 14.9. The van der Waals surface area contributed by atoms with Crippen molar-refractivity contribution in [3.8, 4) is 5.75 Å². The molecule has 1 aliphatic heterocycles. The minimum Gasteiger partial charge on any atom is -0.496 e. The molecular weight excluding hydrogens is 338 g/mol. The maximum Gasteiger partial charge on any atom is 0.321 e. The van der Waals surface area contributed by atoms with Gasteiger partial charge in [0.25, 0.3) is 0 Å². The molecular formula is C22H29N3O2. The first kappa shape index (κ1) is 19.2. The van der Waals surface area contributed by atoms with Gasteiger partial charge < -0.3 is 15.0 Å². The molecule has 1 N–H and O–H groups in total. The third kappa shape index (κ3) is 5.01. The molecule has 0 aromatic heterocycles. The van der Waals surface area contributed by atoms with Crippen LogP contribution in [-0.4, -0.2) is 55.7 Å². The lowest BCUT2D eigenvalue weighted by atomic mass is 10.1. The molecule has 2 amide bonds. The van der Waals surface area contributed by atoms with Crippen LogP contribution in [0, 0.1) is 13.8 Å². The number of carbonyl (C=O) groups excluding carboxylic acids is 1. The highest BCUT2D eigenvalue weighted by molar-refractivity contribution is 5.90. The van der Waals surface area contributed by atoms with E-state index in [4.69, 9.17) is 4.74 Å². The topological polar surface area (TPSA) is 44.8 Å².